The third-order valence-electron chi connectivity index (χ3n) is 1.24. The number of hydrogen-bond acceptors (Lipinski definition) is 3. The predicted molar refractivity (Wildman–Crippen MR) is 43.8 cm³/mol. The van der Waals surface area contributed by atoms with E-state index in [9.17, 15) is 4.79 Å². The highest BCUT2D eigenvalue weighted by Gasteiger charge is 2.14. The highest BCUT2D eigenvalue weighted by molar-refractivity contribution is 9.10. The molecule has 0 saturated carbocycles. The fourth-order valence-electron chi connectivity index (χ4n) is 0.702. The van der Waals surface area contributed by atoms with Crippen LogP contribution in [0, 0.1) is 0 Å². The van der Waals surface area contributed by atoms with Gasteiger partial charge in [-0.05, 0) is 15.9 Å². The molecule has 0 unspecified atom stereocenters. The van der Waals surface area contributed by atoms with Crippen LogP contribution in [-0.2, 0) is 7.05 Å². The van der Waals surface area contributed by atoms with Crippen molar-refractivity contribution in [3.63, 3.8) is 0 Å². The number of primary amides is 1. The average molecular weight is 219 g/mol. The van der Waals surface area contributed by atoms with Crippen LogP contribution in [0.5, 0.6) is 0 Å². The lowest BCUT2D eigenvalue weighted by molar-refractivity contribution is 0.0995. The van der Waals surface area contributed by atoms with E-state index >= 15 is 0 Å². The summed E-state index contributed by atoms with van der Waals surface area (Å²) >= 11 is 3.14. The van der Waals surface area contributed by atoms with Gasteiger partial charge in [-0.25, -0.2) is 0 Å². The van der Waals surface area contributed by atoms with Crippen molar-refractivity contribution in [1.82, 2.24) is 9.78 Å². The van der Waals surface area contributed by atoms with Crippen LogP contribution in [0.25, 0.3) is 0 Å². The summed E-state index contributed by atoms with van der Waals surface area (Å²) in [4.78, 5) is 10.6. The van der Waals surface area contributed by atoms with Crippen molar-refractivity contribution in [3.05, 3.63) is 10.3 Å². The minimum Gasteiger partial charge on any atom is -0.395 e. The molecule has 0 aliphatic heterocycles. The zero-order valence-corrected chi connectivity index (χ0v) is 7.42. The van der Waals surface area contributed by atoms with Crippen LogP contribution in [0.1, 0.15) is 10.5 Å². The number of amides is 1. The maximum atomic E-state index is 10.6. The van der Waals surface area contributed by atoms with Crippen LogP contribution in [0.4, 0.5) is 5.69 Å². The summed E-state index contributed by atoms with van der Waals surface area (Å²) in [6.45, 7) is 0. The smallest absolute Gasteiger partial charge is 0.271 e. The second-order valence-electron chi connectivity index (χ2n) is 2.04. The van der Waals surface area contributed by atoms with Crippen LogP contribution in [0.2, 0.25) is 0 Å². The second kappa shape index (κ2) is 2.54. The number of anilines is 1. The fourth-order valence-corrected chi connectivity index (χ4v) is 0.969. The van der Waals surface area contributed by atoms with Crippen molar-refractivity contribution in [3.8, 4) is 0 Å². The first-order valence-electron chi connectivity index (χ1n) is 2.81. The molecule has 11 heavy (non-hydrogen) atoms. The normalized spacial score (nSPS) is 10.0. The molecule has 1 rings (SSSR count). The minimum atomic E-state index is -0.621. The van der Waals surface area contributed by atoms with Crippen LogP contribution in [-0.4, -0.2) is 15.7 Å². The number of aromatic nitrogens is 2. The first kappa shape index (κ1) is 8.06. The SMILES string of the molecule is Cn1nc(C(N)=O)c(N)c1Br. The van der Waals surface area contributed by atoms with E-state index in [0.717, 1.165) is 0 Å². The Hall–Kier alpha value is -1.04. The molecule has 0 spiro atoms. The van der Waals surface area contributed by atoms with E-state index in [1.807, 2.05) is 0 Å². The molecule has 1 amide bonds. The van der Waals surface area contributed by atoms with Gasteiger partial charge in [0.2, 0.25) is 0 Å². The molecule has 0 aliphatic carbocycles. The number of aryl methyl sites for hydroxylation is 1. The molecular formula is C5H7BrN4O. The summed E-state index contributed by atoms with van der Waals surface area (Å²) in [5, 5.41) is 3.78. The number of carbonyl (C=O) groups excluding carboxylic acids is 1. The molecule has 60 valence electrons. The molecule has 0 atom stereocenters. The average Bonchev–Trinajstić information content (AvgIpc) is 2.17. The van der Waals surface area contributed by atoms with Gasteiger partial charge in [0.25, 0.3) is 5.91 Å². The number of nitrogens with zero attached hydrogens (tertiary/aromatic N) is 2. The number of nitrogen functional groups attached to an aromatic ring is 1. The van der Waals surface area contributed by atoms with Crippen LogP contribution in [0.3, 0.4) is 0 Å². The zero-order chi connectivity index (χ0) is 8.59. The van der Waals surface area contributed by atoms with Crippen molar-refractivity contribution in [2.24, 2.45) is 12.8 Å². The van der Waals surface area contributed by atoms with Crippen LogP contribution >= 0.6 is 15.9 Å². The van der Waals surface area contributed by atoms with E-state index in [4.69, 9.17) is 11.5 Å². The Bertz CT molecular complexity index is 306. The summed E-state index contributed by atoms with van der Waals surface area (Å²) < 4.78 is 2.00. The van der Waals surface area contributed by atoms with Gasteiger partial charge in [-0.3, -0.25) is 9.48 Å². The van der Waals surface area contributed by atoms with Crippen molar-refractivity contribution in [1.29, 1.82) is 0 Å². The molecule has 1 heterocycles. The topological polar surface area (TPSA) is 86.9 Å². The maximum Gasteiger partial charge on any atom is 0.271 e. The lowest BCUT2D eigenvalue weighted by atomic mass is 10.4. The Morgan fingerprint density at radius 1 is 1.73 bits per heavy atom. The summed E-state index contributed by atoms with van der Waals surface area (Å²) in [7, 11) is 1.66. The molecule has 1 aromatic heterocycles. The Labute approximate surface area is 71.5 Å². The van der Waals surface area contributed by atoms with E-state index in [1.54, 1.807) is 7.05 Å². The van der Waals surface area contributed by atoms with Gasteiger partial charge in [0.1, 0.15) is 4.60 Å². The zero-order valence-electron chi connectivity index (χ0n) is 5.84. The van der Waals surface area contributed by atoms with Crippen molar-refractivity contribution >= 4 is 27.5 Å². The Morgan fingerprint density at radius 3 is 2.45 bits per heavy atom. The molecule has 0 radical (unpaired) electrons. The summed E-state index contributed by atoms with van der Waals surface area (Å²) in [6, 6.07) is 0. The molecule has 0 aliphatic rings. The lowest BCUT2D eigenvalue weighted by Crippen LogP contribution is -2.13. The Morgan fingerprint density at radius 2 is 2.27 bits per heavy atom. The third-order valence-corrected chi connectivity index (χ3v) is 2.19. The largest absolute Gasteiger partial charge is 0.395 e. The van der Waals surface area contributed by atoms with Crippen molar-refractivity contribution in [2.45, 2.75) is 0 Å². The first-order valence-corrected chi connectivity index (χ1v) is 3.61. The Balaban J connectivity index is 3.29. The monoisotopic (exact) mass is 218 g/mol. The van der Waals surface area contributed by atoms with E-state index < -0.39 is 5.91 Å². The quantitative estimate of drug-likeness (QED) is 0.689. The molecule has 0 aromatic carbocycles. The third kappa shape index (κ3) is 1.21. The highest BCUT2D eigenvalue weighted by atomic mass is 79.9. The molecule has 0 fully saturated rings. The van der Waals surface area contributed by atoms with E-state index in [2.05, 4.69) is 21.0 Å². The highest BCUT2D eigenvalue weighted by Crippen LogP contribution is 2.21. The van der Waals surface area contributed by atoms with Crippen molar-refractivity contribution in [2.75, 3.05) is 5.73 Å². The van der Waals surface area contributed by atoms with Gasteiger partial charge in [-0.15, -0.1) is 0 Å². The molecule has 5 nitrogen and oxygen atoms in total. The number of hydrogen-bond donors (Lipinski definition) is 2. The molecule has 6 heteroatoms. The number of halogens is 1. The van der Waals surface area contributed by atoms with Gasteiger partial charge in [0.05, 0.1) is 5.69 Å². The summed E-state index contributed by atoms with van der Waals surface area (Å²) in [6.07, 6.45) is 0. The van der Waals surface area contributed by atoms with Gasteiger partial charge in [-0.2, -0.15) is 5.10 Å². The molecule has 0 bridgehead atoms. The van der Waals surface area contributed by atoms with E-state index in [0.29, 0.717) is 4.60 Å². The molecular weight excluding hydrogens is 212 g/mol. The number of carbonyl (C=O) groups is 1. The number of rotatable bonds is 1. The van der Waals surface area contributed by atoms with Gasteiger partial charge >= 0.3 is 0 Å². The minimum absolute atomic E-state index is 0.0966. The fraction of sp³-hybridized carbons (Fsp3) is 0.200. The van der Waals surface area contributed by atoms with Crippen LogP contribution < -0.4 is 11.5 Å². The van der Waals surface area contributed by atoms with Gasteiger partial charge < -0.3 is 11.5 Å². The van der Waals surface area contributed by atoms with Gasteiger partial charge in [0, 0.05) is 7.05 Å². The van der Waals surface area contributed by atoms with Crippen LogP contribution in [0.15, 0.2) is 4.60 Å². The van der Waals surface area contributed by atoms with Gasteiger partial charge in [0.15, 0.2) is 5.69 Å². The van der Waals surface area contributed by atoms with E-state index in [-0.39, 0.29) is 11.4 Å². The van der Waals surface area contributed by atoms with Gasteiger partial charge in [-0.1, -0.05) is 0 Å². The molecule has 0 saturated heterocycles. The summed E-state index contributed by atoms with van der Waals surface area (Å²) in [5.74, 6) is -0.621. The lowest BCUT2D eigenvalue weighted by Gasteiger charge is -1.88. The Kier molecular flexibility index (Phi) is 1.86. The predicted octanol–water partition coefficient (Wildman–Crippen LogP) is -0.136. The van der Waals surface area contributed by atoms with E-state index in [1.165, 1.54) is 4.68 Å². The van der Waals surface area contributed by atoms with Crippen molar-refractivity contribution < 1.29 is 4.79 Å². The summed E-state index contributed by atoms with van der Waals surface area (Å²) in [5.41, 5.74) is 10.8. The molecule has 4 N–H and O–H groups in total. The standard InChI is InChI=1S/C5H7BrN4O/c1-10-4(6)2(7)3(9-10)5(8)11/h7H2,1H3,(H2,8,11). The first-order chi connectivity index (χ1) is 5.04. The molecule has 1 aromatic rings. The second-order valence-corrected chi connectivity index (χ2v) is 2.79. The number of nitrogens with two attached hydrogens (primary N) is 2. The maximum absolute atomic E-state index is 10.6.